The molecule has 1 amide bonds. The van der Waals surface area contributed by atoms with Gasteiger partial charge in [0.15, 0.2) is 5.78 Å². The molecule has 5 nitrogen and oxygen atoms in total. The lowest BCUT2D eigenvalue weighted by Crippen LogP contribution is -2.29. The van der Waals surface area contributed by atoms with Crippen molar-refractivity contribution in [3.8, 4) is 5.75 Å². The highest BCUT2D eigenvalue weighted by Gasteiger charge is 2.14. The summed E-state index contributed by atoms with van der Waals surface area (Å²) in [6, 6.07) is 4.82. The molecular formula is C13H17ClN2O3. The summed E-state index contributed by atoms with van der Waals surface area (Å²) in [6.45, 7) is 0.787. The van der Waals surface area contributed by atoms with E-state index < -0.39 is 0 Å². The van der Waals surface area contributed by atoms with Crippen LogP contribution in [0.3, 0.4) is 0 Å². The maximum Gasteiger partial charge on any atom is 0.220 e. The number of carbonyl (C=O) groups excluding carboxylic acids is 2. The first kappa shape index (κ1) is 15.5. The molecule has 0 aliphatic heterocycles. The van der Waals surface area contributed by atoms with Gasteiger partial charge in [-0.2, -0.15) is 0 Å². The fourth-order valence-electron chi connectivity index (χ4n) is 1.56. The molecule has 1 aromatic rings. The number of ether oxygens (including phenoxy) is 1. The normalized spacial score (nSPS) is 10.1. The lowest BCUT2D eigenvalue weighted by Gasteiger charge is -2.08. The number of benzene rings is 1. The van der Waals surface area contributed by atoms with Crippen molar-refractivity contribution in [1.82, 2.24) is 5.32 Å². The predicted octanol–water partition coefficient (Wildman–Crippen LogP) is 1.39. The van der Waals surface area contributed by atoms with Crippen molar-refractivity contribution in [3.05, 3.63) is 28.8 Å². The smallest absolute Gasteiger partial charge is 0.220 e. The molecule has 0 saturated heterocycles. The van der Waals surface area contributed by atoms with Crippen molar-refractivity contribution < 1.29 is 14.3 Å². The molecule has 0 aromatic heterocycles. The zero-order valence-corrected chi connectivity index (χ0v) is 11.5. The van der Waals surface area contributed by atoms with Gasteiger partial charge in [-0.25, -0.2) is 0 Å². The van der Waals surface area contributed by atoms with Gasteiger partial charge in [-0.1, -0.05) is 11.6 Å². The molecule has 3 N–H and O–H groups in total. The summed E-state index contributed by atoms with van der Waals surface area (Å²) in [6.07, 6.45) is 0.224. The maximum atomic E-state index is 12.0. The van der Waals surface area contributed by atoms with E-state index in [1.807, 2.05) is 0 Å². The maximum absolute atomic E-state index is 12.0. The van der Waals surface area contributed by atoms with E-state index in [4.69, 9.17) is 22.1 Å². The van der Waals surface area contributed by atoms with Gasteiger partial charge in [0, 0.05) is 31.0 Å². The van der Waals surface area contributed by atoms with Crippen LogP contribution in [-0.2, 0) is 4.79 Å². The number of amides is 1. The third-order valence-electron chi connectivity index (χ3n) is 2.51. The van der Waals surface area contributed by atoms with E-state index in [0.29, 0.717) is 29.4 Å². The van der Waals surface area contributed by atoms with Crippen molar-refractivity contribution >= 4 is 23.3 Å². The Balaban J connectivity index is 2.63. The molecule has 0 fully saturated rings. The average molecular weight is 285 g/mol. The van der Waals surface area contributed by atoms with E-state index in [9.17, 15) is 9.59 Å². The van der Waals surface area contributed by atoms with Gasteiger partial charge in [-0.05, 0) is 18.2 Å². The van der Waals surface area contributed by atoms with E-state index in [1.165, 1.54) is 7.11 Å². The molecule has 0 radical (unpaired) electrons. The second-order valence-electron chi connectivity index (χ2n) is 3.91. The molecule has 0 aliphatic rings. The Hall–Kier alpha value is -1.59. The topological polar surface area (TPSA) is 81.4 Å². The Bertz CT molecular complexity index is 463. The van der Waals surface area contributed by atoms with Crippen LogP contribution in [0.25, 0.3) is 0 Å². The summed E-state index contributed by atoms with van der Waals surface area (Å²) in [5.74, 6) is 0.0822. The number of carbonyl (C=O) groups is 2. The van der Waals surface area contributed by atoms with Gasteiger partial charge < -0.3 is 15.8 Å². The number of nitrogens with two attached hydrogens (primary N) is 1. The van der Waals surface area contributed by atoms with Crippen LogP contribution >= 0.6 is 11.6 Å². The molecule has 104 valence electrons. The van der Waals surface area contributed by atoms with Crippen LogP contribution in [0.1, 0.15) is 23.2 Å². The minimum absolute atomic E-state index is 0.104. The summed E-state index contributed by atoms with van der Waals surface area (Å²) in [7, 11) is 1.48. The molecule has 0 spiro atoms. The second-order valence-corrected chi connectivity index (χ2v) is 4.34. The zero-order valence-electron chi connectivity index (χ0n) is 10.7. The standard InChI is InChI=1S/C13H17ClN2O3/c1-19-12-4-2-9(14)8-10(12)11(17)3-5-13(18)16-7-6-15/h2,4,8H,3,5-7,15H2,1H3,(H,16,18). The first-order valence-electron chi connectivity index (χ1n) is 5.92. The van der Waals surface area contributed by atoms with Crippen LogP contribution in [0.5, 0.6) is 5.75 Å². The van der Waals surface area contributed by atoms with Gasteiger partial charge in [0.1, 0.15) is 5.75 Å². The number of ketones is 1. The minimum Gasteiger partial charge on any atom is -0.496 e. The van der Waals surface area contributed by atoms with E-state index in [1.54, 1.807) is 18.2 Å². The predicted molar refractivity (Wildman–Crippen MR) is 73.6 cm³/mol. The molecule has 0 saturated carbocycles. The average Bonchev–Trinajstić information content (AvgIpc) is 2.42. The van der Waals surface area contributed by atoms with Crippen LogP contribution in [0.2, 0.25) is 5.02 Å². The van der Waals surface area contributed by atoms with E-state index >= 15 is 0 Å². The Morgan fingerprint density at radius 3 is 2.74 bits per heavy atom. The summed E-state index contributed by atoms with van der Waals surface area (Å²) >= 11 is 5.85. The SMILES string of the molecule is COc1ccc(Cl)cc1C(=O)CCC(=O)NCCN. The Morgan fingerprint density at radius 1 is 1.37 bits per heavy atom. The highest BCUT2D eigenvalue weighted by atomic mass is 35.5. The van der Waals surface area contributed by atoms with Crippen LogP contribution in [0, 0.1) is 0 Å². The molecule has 1 rings (SSSR count). The Morgan fingerprint density at radius 2 is 2.11 bits per heavy atom. The van der Waals surface area contributed by atoms with Gasteiger partial charge in [0.05, 0.1) is 12.7 Å². The number of Topliss-reactive ketones (excluding diaryl/α,β-unsaturated/α-hetero) is 1. The quantitative estimate of drug-likeness (QED) is 0.741. The van der Waals surface area contributed by atoms with Gasteiger partial charge >= 0.3 is 0 Å². The molecule has 6 heteroatoms. The molecule has 19 heavy (non-hydrogen) atoms. The molecule has 0 bridgehead atoms. The molecule has 0 aliphatic carbocycles. The third kappa shape index (κ3) is 4.89. The molecule has 1 aromatic carbocycles. The van der Waals surface area contributed by atoms with Crippen LogP contribution in [0.4, 0.5) is 0 Å². The lowest BCUT2D eigenvalue weighted by atomic mass is 10.1. The van der Waals surface area contributed by atoms with Crippen molar-refractivity contribution in [2.45, 2.75) is 12.8 Å². The molecule has 0 atom stereocenters. The van der Waals surface area contributed by atoms with E-state index in [-0.39, 0.29) is 24.5 Å². The van der Waals surface area contributed by atoms with Crippen LogP contribution in [0.15, 0.2) is 18.2 Å². The number of methoxy groups -OCH3 is 1. The highest BCUT2D eigenvalue weighted by molar-refractivity contribution is 6.31. The van der Waals surface area contributed by atoms with Crippen molar-refractivity contribution in [3.63, 3.8) is 0 Å². The second kappa shape index (κ2) is 7.76. The van der Waals surface area contributed by atoms with Gasteiger partial charge in [-0.3, -0.25) is 9.59 Å². The lowest BCUT2D eigenvalue weighted by molar-refractivity contribution is -0.121. The monoisotopic (exact) mass is 284 g/mol. The Labute approximate surface area is 117 Å². The number of halogens is 1. The van der Waals surface area contributed by atoms with Crippen molar-refractivity contribution in [1.29, 1.82) is 0 Å². The number of nitrogens with one attached hydrogen (secondary N) is 1. The van der Waals surface area contributed by atoms with Crippen LogP contribution in [-0.4, -0.2) is 31.9 Å². The fraction of sp³-hybridized carbons (Fsp3) is 0.385. The number of hydrogen-bond donors (Lipinski definition) is 2. The van der Waals surface area contributed by atoms with E-state index in [2.05, 4.69) is 5.32 Å². The number of hydrogen-bond acceptors (Lipinski definition) is 4. The first-order valence-corrected chi connectivity index (χ1v) is 6.29. The van der Waals surface area contributed by atoms with Gasteiger partial charge in [-0.15, -0.1) is 0 Å². The molecule has 0 heterocycles. The van der Waals surface area contributed by atoms with Crippen molar-refractivity contribution in [2.75, 3.05) is 20.2 Å². The summed E-state index contributed by atoms with van der Waals surface area (Å²) in [4.78, 5) is 23.4. The first-order chi connectivity index (χ1) is 9.08. The van der Waals surface area contributed by atoms with Gasteiger partial charge in [0.2, 0.25) is 5.91 Å². The summed E-state index contributed by atoms with van der Waals surface area (Å²) in [5.41, 5.74) is 5.66. The zero-order chi connectivity index (χ0) is 14.3. The number of rotatable bonds is 7. The van der Waals surface area contributed by atoms with E-state index in [0.717, 1.165) is 0 Å². The third-order valence-corrected chi connectivity index (χ3v) is 2.74. The molecule has 0 unspecified atom stereocenters. The van der Waals surface area contributed by atoms with Gasteiger partial charge in [0.25, 0.3) is 0 Å². The molecular weight excluding hydrogens is 268 g/mol. The fourth-order valence-corrected chi connectivity index (χ4v) is 1.73. The van der Waals surface area contributed by atoms with Crippen LogP contribution < -0.4 is 15.8 Å². The largest absolute Gasteiger partial charge is 0.496 e. The summed E-state index contributed by atoms with van der Waals surface area (Å²) in [5, 5.41) is 3.06. The summed E-state index contributed by atoms with van der Waals surface area (Å²) < 4.78 is 5.10. The highest BCUT2D eigenvalue weighted by Crippen LogP contribution is 2.24. The van der Waals surface area contributed by atoms with Crippen molar-refractivity contribution in [2.24, 2.45) is 5.73 Å². The minimum atomic E-state index is -0.195. The Kier molecular flexibility index (Phi) is 6.32.